The maximum absolute atomic E-state index is 13.5. The molecule has 2 amide bonds. The lowest BCUT2D eigenvalue weighted by molar-refractivity contribution is -0.120. The summed E-state index contributed by atoms with van der Waals surface area (Å²) in [6, 6.07) is 19.6. The topological polar surface area (TPSA) is 49.4 Å². The normalized spacial score (nSPS) is 13.9. The van der Waals surface area contributed by atoms with Gasteiger partial charge in [-0.15, -0.1) is 0 Å². The minimum Gasteiger partial charge on any atom is -0.350 e. The van der Waals surface area contributed by atoms with Crippen LogP contribution in [0.4, 0.5) is 11.4 Å². The summed E-state index contributed by atoms with van der Waals surface area (Å²) in [7, 11) is 0. The fraction of sp³-hybridized carbons (Fsp3) is 0.0833. The van der Waals surface area contributed by atoms with E-state index in [1.807, 2.05) is 44.2 Å². The number of hydrogen-bond donors (Lipinski definition) is 1. The fourth-order valence-corrected chi connectivity index (χ4v) is 3.86. The van der Waals surface area contributed by atoms with Crippen LogP contribution in [0, 0.1) is 13.8 Å². The van der Waals surface area contributed by atoms with Gasteiger partial charge in [0, 0.05) is 15.7 Å². The molecule has 1 heterocycles. The third-order valence-electron chi connectivity index (χ3n) is 5.01. The summed E-state index contributed by atoms with van der Waals surface area (Å²) in [5.74, 6) is -0.829. The van der Waals surface area contributed by atoms with E-state index in [1.165, 1.54) is 4.90 Å². The molecule has 30 heavy (non-hydrogen) atoms. The van der Waals surface area contributed by atoms with Gasteiger partial charge in [-0.1, -0.05) is 59.6 Å². The van der Waals surface area contributed by atoms with Crippen LogP contribution in [0.1, 0.15) is 16.7 Å². The second-order valence-corrected chi connectivity index (χ2v) is 7.95. The van der Waals surface area contributed by atoms with E-state index in [0.29, 0.717) is 32.6 Å². The third-order valence-corrected chi connectivity index (χ3v) is 5.48. The Labute approximate surface area is 184 Å². The Bertz CT molecular complexity index is 1200. The molecular formula is C24H18Cl2N2O2. The molecular weight excluding hydrogens is 419 g/mol. The first-order valence-corrected chi connectivity index (χ1v) is 10.1. The first-order chi connectivity index (χ1) is 14.4. The molecule has 0 spiro atoms. The lowest BCUT2D eigenvalue weighted by Gasteiger charge is -2.18. The van der Waals surface area contributed by atoms with E-state index in [1.54, 1.807) is 36.4 Å². The number of anilines is 2. The largest absolute Gasteiger partial charge is 0.350 e. The molecule has 0 radical (unpaired) electrons. The molecule has 1 aliphatic heterocycles. The van der Waals surface area contributed by atoms with Crippen molar-refractivity contribution < 1.29 is 9.59 Å². The number of nitrogens with one attached hydrogen (secondary N) is 1. The summed E-state index contributed by atoms with van der Waals surface area (Å²) in [6.07, 6.45) is 0. The molecule has 0 saturated heterocycles. The molecule has 0 unspecified atom stereocenters. The number of aryl methyl sites for hydroxylation is 2. The van der Waals surface area contributed by atoms with Crippen LogP contribution in [0.3, 0.4) is 0 Å². The van der Waals surface area contributed by atoms with Gasteiger partial charge < -0.3 is 5.32 Å². The maximum atomic E-state index is 13.5. The molecule has 0 fully saturated rings. The summed E-state index contributed by atoms with van der Waals surface area (Å²) >= 11 is 12.2. The van der Waals surface area contributed by atoms with E-state index in [2.05, 4.69) is 5.32 Å². The van der Waals surface area contributed by atoms with Crippen LogP contribution < -0.4 is 10.2 Å². The predicted octanol–water partition coefficient (Wildman–Crippen LogP) is 6.01. The predicted molar refractivity (Wildman–Crippen MR) is 122 cm³/mol. The SMILES string of the molecule is Cc1cc(Cl)ccc1NC1=C(c2ccccc2)C(=O)N(c2cc(Cl)ccc2C)C1=O. The quantitative estimate of drug-likeness (QED) is 0.509. The van der Waals surface area contributed by atoms with Crippen LogP contribution in [0.5, 0.6) is 0 Å². The highest BCUT2D eigenvalue weighted by Gasteiger charge is 2.41. The van der Waals surface area contributed by atoms with Crippen LogP contribution in [-0.4, -0.2) is 11.8 Å². The molecule has 0 atom stereocenters. The standard InChI is InChI=1S/C24H18Cl2N2O2/c1-14-8-9-18(26)13-20(14)28-23(29)21(16-6-4-3-5-7-16)22(24(28)30)27-19-11-10-17(25)12-15(19)2/h3-13,27H,1-2H3. The Kier molecular flexibility index (Phi) is 5.37. The van der Waals surface area contributed by atoms with Crippen molar-refractivity contribution >= 4 is 52.0 Å². The van der Waals surface area contributed by atoms with Crippen molar-refractivity contribution in [2.24, 2.45) is 0 Å². The summed E-state index contributed by atoms with van der Waals surface area (Å²) in [5.41, 5.74) is 4.00. The van der Waals surface area contributed by atoms with Crippen molar-refractivity contribution in [3.8, 4) is 0 Å². The van der Waals surface area contributed by atoms with Crippen molar-refractivity contribution in [1.29, 1.82) is 0 Å². The minimum atomic E-state index is -0.432. The monoisotopic (exact) mass is 436 g/mol. The van der Waals surface area contributed by atoms with Gasteiger partial charge >= 0.3 is 0 Å². The Morgan fingerprint density at radius 2 is 1.43 bits per heavy atom. The fourth-order valence-electron chi connectivity index (χ4n) is 3.46. The number of imide groups is 1. The molecule has 0 bridgehead atoms. The van der Waals surface area contributed by atoms with Gasteiger partial charge in [0.2, 0.25) is 0 Å². The summed E-state index contributed by atoms with van der Waals surface area (Å²) in [5, 5.41) is 4.22. The number of carbonyl (C=O) groups excluding carboxylic acids is 2. The molecule has 4 rings (SSSR count). The van der Waals surface area contributed by atoms with Gasteiger partial charge in [0.15, 0.2) is 0 Å². The number of halogens is 2. The van der Waals surface area contributed by atoms with Gasteiger partial charge in [-0.05, 0) is 60.9 Å². The average molecular weight is 437 g/mol. The van der Waals surface area contributed by atoms with Crippen molar-refractivity contribution in [3.63, 3.8) is 0 Å². The van der Waals surface area contributed by atoms with Crippen LogP contribution in [0.25, 0.3) is 5.57 Å². The number of hydrogen-bond acceptors (Lipinski definition) is 3. The van der Waals surface area contributed by atoms with Crippen molar-refractivity contribution in [2.75, 3.05) is 10.2 Å². The van der Waals surface area contributed by atoms with Gasteiger partial charge in [0.05, 0.1) is 11.3 Å². The maximum Gasteiger partial charge on any atom is 0.282 e. The van der Waals surface area contributed by atoms with E-state index in [4.69, 9.17) is 23.2 Å². The van der Waals surface area contributed by atoms with Crippen molar-refractivity contribution in [2.45, 2.75) is 13.8 Å². The second-order valence-electron chi connectivity index (χ2n) is 7.08. The van der Waals surface area contributed by atoms with E-state index >= 15 is 0 Å². The minimum absolute atomic E-state index is 0.219. The lowest BCUT2D eigenvalue weighted by Crippen LogP contribution is -2.33. The Morgan fingerprint density at radius 1 is 0.767 bits per heavy atom. The van der Waals surface area contributed by atoms with Crippen LogP contribution >= 0.6 is 23.2 Å². The molecule has 0 saturated carbocycles. The van der Waals surface area contributed by atoms with E-state index in [0.717, 1.165) is 11.1 Å². The van der Waals surface area contributed by atoms with E-state index in [9.17, 15) is 9.59 Å². The first-order valence-electron chi connectivity index (χ1n) is 9.34. The van der Waals surface area contributed by atoms with Gasteiger partial charge in [-0.3, -0.25) is 9.59 Å². The number of amides is 2. The van der Waals surface area contributed by atoms with Gasteiger partial charge in [-0.25, -0.2) is 4.90 Å². The van der Waals surface area contributed by atoms with Crippen molar-refractivity contribution in [1.82, 2.24) is 0 Å². The molecule has 3 aromatic carbocycles. The summed E-state index contributed by atoms with van der Waals surface area (Å²) in [6.45, 7) is 3.72. The highest BCUT2D eigenvalue weighted by molar-refractivity contribution is 6.46. The average Bonchev–Trinajstić information content (AvgIpc) is 2.96. The van der Waals surface area contributed by atoms with Gasteiger partial charge in [0.25, 0.3) is 11.8 Å². The van der Waals surface area contributed by atoms with Gasteiger partial charge in [-0.2, -0.15) is 0 Å². The third kappa shape index (κ3) is 3.60. The molecule has 150 valence electrons. The number of carbonyl (C=O) groups is 2. The number of nitrogens with zero attached hydrogens (tertiary/aromatic N) is 1. The highest BCUT2D eigenvalue weighted by atomic mass is 35.5. The van der Waals surface area contributed by atoms with Crippen LogP contribution in [-0.2, 0) is 9.59 Å². The molecule has 0 aliphatic carbocycles. The Hall–Kier alpha value is -3.08. The Morgan fingerprint density at radius 3 is 2.13 bits per heavy atom. The zero-order chi connectivity index (χ0) is 21.4. The zero-order valence-electron chi connectivity index (χ0n) is 16.4. The summed E-state index contributed by atoms with van der Waals surface area (Å²) < 4.78 is 0. The van der Waals surface area contributed by atoms with Crippen LogP contribution in [0.15, 0.2) is 72.4 Å². The van der Waals surface area contributed by atoms with E-state index in [-0.39, 0.29) is 5.70 Å². The smallest absolute Gasteiger partial charge is 0.282 e. The second kappa shape index (κ2) is 7.98. The number of benzene rings is 3. The molecule has 1 aliphatic rings. The lowest BCUT2D eigenvalue weighted by atomic mass is 10.0. The summed E-state index contributed by atoms with van der Waals surface area (Å²) in [4.78, 5) is 28.1. The number of rotatable bonds is 4. The zero-order valence-corrected chi connectivity index (χ0v) is 17.9. The van der Waals surface area contributed by atoms with Gasteiger partial charge in [0.1, 0.15) is 5.70 Å². The Balaban J connectivity index is 1.86. The molecule has 0 aromatic heterocycles. The van der Waals surface area contributed by atoms with Crippen molar-refractivity contribution in [3.05, 3.63) is 99.2 Å². The molecule has 4 nitrogen and oxygen atoms in total. The highest BCUT2D eigenvalue weighted by Crippen LogP contribution is 2.36. The van der Waals surface area contributed by atoms with Crippen LogP contribution in [0.2, 0.25) is 10.0 Å². The molecule has 6 heteroatoms. The van der Waals surface area contributed by atoms with E-state index < -0.39 is 11.8 Å². The molecule has 3 aromatic rings. The first kappa shape index (κ1) is 20.2. The molecule has 1 N–H and O–H groups in total.